The fourth-order valence-corrected chi connectivity index (χ4v) is 11.0. The second-order valence-electron chi connectivity index (χ2n) is 24.6. The summed E-state index contributed by atoms with van der Waals surface area (Å²) in [6.45, 7) is 15.0. The van der Waals surface area contributed by atoms with Gasteiger partial charge in [-0.1, -0.05) is 152 Å². The molecular formula is C69H88N6O11. The summed E-state index contributed by atoms with van der Waals surface area (Å²) in [6, 6.07) is 44.0. The van der Waals surface area contributed by atoms with Crippen molar-refractivity contribution in [3.8, 4) is 0 Å². The van der Waals surface area contributed by atoms with Crippen LogP contribution in [0.4, 0.5) is 9.59 Å². The molecule has 0 aromatic heterocycles. The predicted octanol–water partition coefficient (Wildman–Crippen LogP) is 11.6. The molecule has 4 amide bonds. The minimum absolute atomic E-state index is 0.00212. The maximum absolute atomic E-state index is 13.3. The lowest BCUT2D eigenvalue weighted by atomic mass is 9.77. The zero-order valence-electron chi connectivity index (χ0n) is 51.2. The topological polar surface area (TPSA) is 248 Å². The van der Waals surface area contributed by atoms with Gasteiger partial charge in [-0.3, -0.25) is 29.6 Å². The van der Waals surface area contributed by atoms with Crippen molar-refractivity contribution in [1.29, 1.82) is 5.41 Å². The van der Waals surface area contributed by atoms with E-state index >= 15 is 0 Å². The summed E-state index contributed by atoms with van der Waals surface area (Å²) in [5.74, 6) is -1.17. The van der Waals surface area contributed by atoms with E-state index in [-0.39, 0.29) is 41.9 Å². The number of carbonyl (C=O) groups excluding carboxylic acids is 6. The van der Waals surface area contributed by atoms with Crippen molar-refractivity contribution in [3.63, 3.8) is 0 Å². The number of amidine groups is 1. The number of carbonyl (C=O) groups is 7. The standard InChI is InChI=1S/C27H34N2O5.C25H31N3O2.C17H23NO4/c1-19(25(31)33-18-20-11-7-5-8-12-20)28-24(30)23-17-22(21-13-9-6-10-14-21)15-16-29(23)26(32)34-27(2,3)4;1-17(23(29)15-12-18-10-13-20(14-11-18)24(26)27)28-25(30)22-9-5-8-21(16-22)19-6-3-2-4-7-19;1-17(2,3)22-16(21)18-10-9-13(11-14(18)15(19)20)12-7-5-4-6-8-12/h5-14,19,22-23H,15-18H2,1-4H3,(H,28,30);2-4,6-7,10-11,13-14,17,21-22H,5,8-9,12,15-16H2,1H3,(H3,26,27)(H,28,30);4-8,13-14H,9-11H2,1-3H3,(H,19,20)/t19-,22-,23+;17-,21-,22+;/m00./s1. The summed E-state index contributed by atoms with van der Waals surface area (Å²) >= 11 is 0. The molecule has 3 aliphatic rings. The second kappa shape index (κ2) is 31.7. The van der Waals surface area contributed by atoms with Gasteiger partial charge in [-0.15, -0.1) is 0 Å². The van der Waals surface area contributed by atoms with Gasteiger partial charge in [-0.2, -0.15) is 0 Å². The minimum Gasteiger partial charge on any atom is -0.480 e. The Morgan fingerprint density at radius 3 is 1.48 bits per heavy atom. The van der Waals surface area contributed by atoms with E-state index in [1.54, 1.807) is 67.5 Å². The molecule has 5 aromatic rings. The normalized spacial score (nSPS) is 20.1. The van der Waals surface area contributed by atoms with Gasteiger partial charge in [0.25, 0.3) is 0 Å². The maximum Gasteiger partial charge on any atom is 0.411 e. The summed E-state index contributed by atoms with van der Waals surface area (Å²) in [4.78, 5) is 90.5. The molecule has 8 atom stereocenters. The van der Waals surface area contributed by atoms with Crippen molar-refractivity contribution >= 4 is 47.6 Å². The summed E-state index contributed by atoms with van der Waals surface area (Å²) in [5.41, 5.74) is 10.3. The number of esters is 1. The van der Waals surface area contributed by atoms with Crippen LogP contribution in [0.2, 0.25) is 0 Å². The number of rotatable bonds is 16. The highest BCUT2D eigenvalue weighted by Gasteiger charge is 2.41. The quantitative estimate of drug-likeness (QED) is 0.0268. The maximum atomic E-state index is 13.3. The first-order valence-electron chi connectivity index (χ1n) is 30.0. The van der Waals surface area contributed by atoms with Gasteiger partial charge in [-0.05, 0) is 152 Å². The predicted molar refractivity (Wildman–Crippen MR) is 331 cm³/mol. The molecule has 1 aliphatic carbocycles. The Morgan fingerprint density at radius 2 is 1.01 bits per heavy atom. The van der Waals surface area contributed by atoms with Gasteiger partial charge in [-0.25, -0.2) is 19.2 Å². The Balaban J connectivity index is 0.000000211. The average molecular weight is 1180 g/mol. The average Bonchev–Trinajstić information content (AvgIpc) is 2.87. The van der Waals surface area contributed by atoms with Crippen molar-refractivity contribution < 1.29 is 52.9 Å². The van der Waals surface area contributed by atoms with Crippen LogP contribution >= 0.6 is 0 Å². The molecule has 0 spiro atoms. The summed E-state index contributed by atoms with van der Waals surface area (Å²) in [7, 11) is 0. The Labute approximate surface area is 507 Å². The molecule has 2 unspecified atom stereocenters. The van der Waals surface area contributed by atoms with E-state index in [1.807, 2.05) is 121 Å². The van der Waals surface area contributed by atoms with E-state index in [2.05, 4.69) is 22.8 Å². The van der Waals surface area contributed by atoms with Gasteiger partial charge in [0.1, 0.15) is 41.8 Å². The van der Waals surface area contributed by atoms with E-state index in [1.165, 1.54) is 15.4 Å². The lowest BCUT2D eigenvalue weighted by molar-refractivity contribution is -0.149. The van der Waals surface area contributed by atoms with Crippen molar-refractivity contribution in [2.24, 2.45) is 11.7 Å². The van der Waals surface area contributed by atoms with Gasteiger partial charge in [0.15, 0.2) is 5.78 Å². The Kier molecular flexibility index (Phi) is 24.6. The molecule has 1 saturated carbocycles. The molecule has 6 N–H and O–H groups in total. The Morgan fingerprint density at radius 1 is 0.570 bits per heavy atom. The third-order valence-corrected chi connectivity index (χ3v) is 15.6. The summed E-state index contributed by atoms with van der Waals surface area (Å²) < 4.78 is 16.2. The SMILES string of the molecule is CC(C)(C)OC(=O)N1CCC(c2ccccc2)CC1C(=O)O.C[C@H](NC(=O)[C@@H]1CCC[C@H](c2ccccc2)C1)C(=O)CCc1ccc(C(=N)N)cc1.C[C@H](NC(=O)[C@H]1C[C@@H](c2ccccc2)CCN1C(=O)OC(C)(C)C)C(=O)OCc1ccccc1. The number of nitrogen functional groups attached to an aromatic ring is 1. The van der Waals surface area contributed by atoms with Gasteiger partial charge < -0.3 is 35.7 Å². The number of carboxylic acid groups (broad SMARTS) is 1. The number of aryl methyl sites for hydroxylation is 1. The summed E-state index contributed by atoms with van der Waals surface area (Å²) in [6.07, 6.45) is 6.12. The molecule has 0 bridgehead atoms. The second-order valence-corrected chi connectivity index (χ2v) is 24.6. The minimum atomic E-state index is -0.980. The third kappa shape index (κ3) is 21.0. The number of ether oxygens (including phenoxy) is 3. The van der Waals surface area contributed by atoms with Gasteiger partial charge in [0, 0.05) is 31.0 Å². The fourth-order valence-electron chi connectivity index (χ4n) is 11.0. The van der Waals surface area contributed by atoms with Crippen LogP contribution in [0.15, 0.2) is 146 Å². The Bertz CT molecular complexity index is 3020. The molecule has 2 heterocycles. The van der Waals surface area contributed by atoms with Gasteiger partial charge >= 0.3 is 24.1 Å². The van der Waals surface area contributed by atoms with Crippen molar-refractivity contribution in [3.05, 3.63) is 179 Å². The number of benzene rings is 5. The number of hydrogen-bond acceptors (Lipinski definition) is 11. The highest BCUT2D eigenvalue weighted by atomic mass is 16.6. The molecular weight excluding hydrogens is 1090 g/mol. The monoisotopic (exact) mass is 1180 g/mol. The van der Waals surface area contributed by atoms with E-state index in [4.69, 9.17) is 25.4 Å². The fraction of sp³-hybridized carbons (Fsp3) is 0.449. The molecule has 2 aliphatic heterocycles. The van der Waals surface area contributed by atoms with Crippen LogP contribution in [0.1, 0.15) is 164 Å². The van der Waals surface area contributed by atoms with Crippen LogP contribution < -0.4 is 16.4 Å². The highest BCUT2D eigenvalue weighted by molar-refractivity contribution is 5.95. The van der Waals surface area contributed by atoms with E-state index < -0.39 is 65.4 Å². The highest BCUT2D eigenvalue weighted by Crippen LogP contribution is 2.37. The van der Waals surface area contributed by atoms with Crippen LogP contribution in [-0.2, 0) is 51.2 Å². The molecule has 17 nitrogen and oxygen atoms in total. The molecule has 5 aromatic carbocycles. The first kappa shape index (κ1) is 66.8. The van der Waals surface area contributed by atoms with E-state index in [0.29, 0.717) is 50.3 Å². The first-order chi connectivity index (χ1) is 40.8. The number of aliphatic carboxylic acids is 1. The van der Waals surface area contributed by atoms with Crippen molar-refractivity contribution in [2.75, 3.05) is 13.1 Å². The lowest BCUT2D eigenvalue weighted by Crippen LogP contribution is -2.56. The molecule has 2 saturated heterocycles. The molecule has 460 valence electrons. The zero-order chi connectivity index (χ0) is 62.6. The van der Waals surface area contributed by atoms with Crippen LogP contribution in [-0.4, -0.2) is 111 Å². The number of carboxylic acids is 1. The molecule has 8 rings (SSSR count). The number of nitrogens with one attached hydrogen (secondary N) is 3. The van der Waals surface area contributed by atoms with Crippen molar-refractivity contribution in [1.82, 2.24) is 20.4 Å². The first-order valence-corrected chi connectivity index (χ1v) is 30.0. The third-order valence-electron chi connectivity index (χ3n) is 15.6. The van der Waals surface area contributed by atoms with E-state index in [0.717, 1.165) is 60.8 Å². The van der Waals surface area contributed by atoms with E-state index in [9.17, 15) is 38.7 Å². The Hall–Kier alpha value is -8.34. The van der Waals surface area contributed by atoms with Crippen LogP contribution in [0.3, 0.4) is 0 Å². The van der Waals surface area contributed by atoms with Gasteiger partial charge in [0.2, 0.25) is 11.8 Å². The number of ketones is 1. The molecule has 0 radical (unpaired) electrons. The largest absolute Gasteiger partial charge is 0.480 e. The van der Waals surface area contributed by atoms with Crippen LogP contribution in [0, 0.1) is 11.3 Å². The number of likely N-dealkylation sites (tertiary alicyclic amines) is 2. The number of piperidine rings is 2. The van der Waals surface area contributed by atoms with Gasteiger partial charge in [0.05, 0.1) is 6.04 Å². The smallest absolute Gasteiger partial charge is 0.411 e. The molecule has 3 fully saturated rings. The summed E-state index contributed by atoms with van der Waals surface area (Å²) in [5, 5.41) is 22.6. The number of amides is 4. The number of nitrogens with two attached hydrogens (primary N) is 1. The van der Waals surface area contributed by atoms with Crippen LogP contribution in [0.5, 0.6) is 0 Å². The van der Waals surface area contributed by atoms with Crippen LogP contribution in [0.25, 0.3) is 0 Å². The molecule has 86 heavy (non-hydrogen) atoms. The van der Waals surface area contributed by atoms with Crippen molar-refractivity contribution in [2.45, 2.75) is 179 Å². The number of hydrogen-bond donors (Lipinski definition) is 5. The lowest BCUT2D eigenvalue weighted by Gasteiger charge is -2.39. The number of Topliss-reactive ketones (excluding diaryl/α,β-unsaturated/α-hetero) is 1. The zero-order valence-corrected chi connectivity index (χ0v) is 51.2. The number of nitrogens with zero attached hydrogens (tertiary/aromatic N) is 2. The molecule has 17 heteroatoms.